The Morgan fingerprint density at radius 3 is 1.32 bits per heavy atom. The van der Waals surface area contributed by atoms with Crippen molar-refractivity contribution in [3.8, 4) is 39.8 Å². The maximum Gasteiger partial charge on any atom is 0.258 e. The third kappa shape index (κ3) is 11.8. The largest absolute Gasteiger partial charge is 0.384 e. The van der Waals surface area contributed by atoms with E-state index in [0.29, 0.717) is 49.2 Å². The van der Waals surface area contributed by atoms with E-state index in [1.54, 1.807) is 18.2 Å². The van der Waals surface area contributed by atoms with E-state index in [-0.39, 0.29) is 11.8 Å². The van der Waals surface area contributed by atoms with Gasteiger partial charge in [-0.25, -0.2) is 15.0 Å². The molecule has 0 aliphatic carbocycles. The molecule has 88 heavy (non-hydrogen) atoms. The summed E-state index contributed by atoms with van der Waals surface area (Å²) in [4.78, 5) is 45.6. The van der Waals surface area contributed by atoms with Crippen molar-refractivity contribution in [3.63, 3.8) is 0 Å². The van der Waals surface area contributed by atoms with Crippen LogP contribution in [0.15, 0.2) is 200 Å². The van der Waals surface area contributed by atoms with Crippen molar-refractivity contribution < 1.29 is 9.59 Å². The predicted octanol–water partition coefficient (Wildman–Crippen LogP) is 14.0. The highest BCUT2D eigenvalue weighted by Crippen LogP contribution is 2.41. The lowest BCUT2D eigenvalue weighted by Crippen LogP contribution is -2.32. The number of para-hydroxylation sites is 3. The highest BCUT2D eigenvalue weighted by molar-refractivity contribution is 6.09. The molecule has 6 heterocycles. The lowest BCUT2D eigenvalue weighted by molar-refractivity contribution is 0.0979. The van der Waals surface area contributed by atoms with E-state index < -0.39 is 0 Å². The number of nitrogens with two attached hydrogens (primary N) is 1. The number of carbonyl (C=O) groups excluding carboxylic acids is 2. The zero-order valence-electron chi connectivity index (χ0n) is 50.5. The second-order valence-corrected chi connectivity index (χ2v) is 22.7. The van der Waals surface area contributed by atoms with Crippen molar-refractivity contribution in [1.29, 1.82) is 5.26 Å². The van der Waals surface area contributed by atoms with Gasteiger partial charge in [0.05, 0.1) is 57.2 Å². The first-order chi connectivity index (χ1) is 43.0. The predicted molar refractivity (Wildman–Crippen MR) is 352 cm³/mol. The van der Waals surface area contributed by atoms with Gasteiger partial charge in [0.1, 0.15) is 17.5 Å². The number of aromatic nitrogens is 6. The Hall–Kier alpha value is -10.4. The standard InChI is InChI=1S/C28H28N4O.C28H24N4O.C19H19N3/c2*1-19-16-22(12-13-23(19)17-29)28(33)31-15-14-25-27(24-10-6-7-11-26(24)31)32(20(2)30-25)18-21-8-4-3-5-9-21;1-14-21-18-11-12-20-17-10-6-5-9-16(17)19(18)22(14)13-15-7-3-2-4-8-15/h3-13,16H,14-15,17-18,29H2,1-2H3;3-13,16H,14-15,18H2,1-2H3;2-10,20H,11-13H2,1H3. The molecule has 0 saturated carbocycles. The molecule has 0 saturated heterocycles. The minimum Gasteiger partial charge on any atom is -0.384 e. The topological polar surface area (TPSA) is 156 Å². The van der Waals surface area contributed by atoms with E-state index in [1.165, 1.54) is 39.3 Å². The number of aryl methyl sites for hydroxylation is 5. The Labute approximate surface area is 515 Å². The second kappa shape index (κ2) is 25.7. The average Bonchev–Trinajstić information content (AvgIpc) is 1.82. The number of imidazole rings is 3. The van der Waals surface area contributed by atoms with Crippen molar-refractivity contribution in [2.45, 2.75) is 80.1 Å². The van der Waals surface area contributed by atoms with Gasteiger partial charge in [0.2, 0.25) is 0 Å². The molecule has 8 aromatic carbocycles. The third-order valence-electron chi connectivity index (χ3n) is 17.0. The number of nitrogens with zero attached hydrogens (tertiary/aromatic N) is 9. The van der Waals surface area contributed by atoms with Gasteiger partial charge in [-0.15, -0.1) is 0 Å². The molecular formula is C75H71N11O2. The minimum atomic E-state index is -0.0634. The molecule has 14 rings (SSSR count). The van der Waals surface area contributed by atoms with E-state index in [1.807, 2.05) is 109 Å². The van der Waals surface area contributed by atoms with Gasteiger partial charge in [-0.1, -0.05) is 152 Å². The molecule has 3 aliphatic rings. The fourth-order valence-electron chi connectivity index (χ4n) is 12.6. The van der Waals surface area contributed by atoms with E-state index in [9.17, 15) is 14.9 Å². The zero-order chi connectivity index (χ0) is 60.8. The molecule has 2 amide bonds. The van der Waals surface area contributed by atoms with Crippen LogP contribution in [0.4, 0.5) is 17.1 Å². The van der Waals surface area contributed by atoms with Crippen molar-refractivity contribution in [2.24, 2.45) is 5.73 Å². The second-order valence-electron chi connectivity index (χ2n) is 22.7. The smallest absolute Gasteiger partial charge is 0.258 e. The Balaban J connectivity index is 0.000000131. The van der Waals surface area contributed by atoms with Crippen LogP contribution in [0.3, 0.4) is 0 Å². The van der Waals surface area contributed by atoms with Crippen LogP contribution in [0, 0.1) is 45.9 Å². The minimum absolute atomic E-state index is 0.00519. The summed E-state index contributed by atoms with van der Waals surface area (Å²) in [6, 6.07) is 69.4. The molecule has 13 nitrogen and oxygen atoms in total. The molecular weight excluding hydrogens is 1090 g/mol. The quantitative estimate of drug-likeness (QED) is 0.145. The Morgan fingerprint density at radius 2 is 0.875 bits per heavy atom. The van der Waals surface area contributed by atoms with Crippen molar-refractivity contribution >= 4 is 28.9 Å². The Bertz CT molecular complexity index is 4400. The summed E-state index contributed by atoms with van der Waals surface area (Å²) in [5.74, 6) is 3.00. The molecule has 0 bridgehead atoms. The number of amides is 2. The summed E-state index contributed by atoms with van der Waals surface area (Å²) in [5, 5.41) is 12.8. The summed E-state index contributed by atoms with van der Waals surface area (Å²) in [5.41, 5.74) is 27.4. The highest BCUT2D eigenvalue weighted by atomic mass is 16.2. The molecule has 3 N–H and O–H groups in total. The van der Waals surface area contributed by atoms with Crippen LogP contribution in [0.2, 0.25) is 0 Å². The van der Waals surface area contributed by atoms with Crippen molar-refractivity contribution in [2.75, 3.05) is 34.8 Å². The normalized spacial score (nSPS) is 12.7. The van der Waals surface area contributed by atoms with Gasteiger partial charge in [0.25, 0.3) is 11.8 Å². The first-order valence-corrected chi connectivity index (χ1v) is 30.2. The van der Waals surface area contributed by atoms with Gasteiger partial charge in [0.15, 0.2) is 0 Å². The number of nitriles is 1. The zero-order valence-corrected chi connectivity index (χ0v) is 50.5. The first-order valence-electron chi connectivity index (χ1n) is 30.2. The van der Waals surface area contributed by atoms with Gasteiger partial charge < -0.3 is 34.6 Å². The van der Waals surface area contributed by atoms with E-state index in [2.05, 4.69) is 142 Å². The van der Waals surface area contributed by atoms with Gasteiger partial charge >= 0.3 is 0 Å². The number of hydrogen-bond donors (Lipinski definition) is 2. The summed E-state index contributed by atoms with van der Waals surface area (Å²) in [6.45, 7) is 15.0. The SMILES string of the molecule is Cc1cc(C(=O)N2CCc3nc(C)n(Cc4ccccc4)c3-c3ccccc32)ccc1C#N.Cc1cc(C(=O)N2CCc3nc(C)n(Cc4ccccc4)c3-c3ccccc32)ccc1CN.Cc1nc2c(n1Cc1ccccc1)-c1ccccc1NCC2. The molecule has 13 heteroatoms. The van der Waals surface area contributed by atoms with E-state index in [0.717, 1.165) is 112 Å². The molecule has 3 aliphatic heterocycles. The fraction of sp³-hybridized carbons (Fsp3) is 0.200. The van der Waals surface area contributed by atoms with Crippen LogP contribution in [-0.2, 0) is 45.4 Å². The number of benzene rings is 8. The molecule has 0 fully saturated rings. The number of fused-ring (bicyclic) bond motifs is 9. The number of hydrogen-bond acceptors (Lipinski definition) is 8. The van der Waals surface area contributed by atoms with Crippen molar-refractivity contribution in [3.05, 3.63) is 285 Å². The van der Waals surface area contributed by atoms with Gasteiger partial charge in [-0.05, 0) is 117 Å². The lowest BCUT2D eigenvalue weighted by Gasteiger charge is -2.24. The fourth-order valence-corrected chi connectivity index (χ4v) is 12.6. The van der Waals surface area contributed by atoms with Gasteiger partial charge in [-0.3, -0.25) is 9.59 Å². The van der Waals surface area contributed by atoms with Crippen LogP contribution >= 0.6 is 0 Å². The summed E-state index contributed by atoms with van der Waals surface area (Å²) in [7, 11) is 0. The van der Waals surface area contributed by atoms with Crippen LogP contribution in [0.5, 0.6) is 0 Å². The number of nitrogens with one attached hydrogen (secondary N) is 1. The van der Waals surface area contributed by atoms with Crippen LogP contribution < -0.4 is 20.9 Å². The van der Waals surface area contributed by atoms with E-state index in [4.69, 9.17) is 20.7 Å². The van der Waals surface area contributed by atoms with Crippen molar-refractivity contribution in [1.82, 2.24) is 28.7 Å². The molecule has 0 unspecified atom stereocenters. The van der Waals surface area contributed by atoms with Gasteiger partial charge in [0, 0.05) is 98.6 Å². The summed E-state index contributed by atoms with van der Waals surface area (Å²) in [6.07, 6.45) is 2.35. The third-order valence-corrected chi connectivity index (χ3v) is 17.0. The molecule has 0 atom stereocenters. The average molecular weight is 1160 g/mol. The maximum absolute atomic E-state index is 13.7. The number of rotatable bonds is 9. The number of carbonyl (C=O) groups is 2. The number of anilines is 3. The lowest BCUT2D eigenvalue weighted by atomic mass is 10.0. The monoisotopic (exact) mass is 1160 g/mol. The van der Waals surface area contributed by atoms with E-state index >= 15 is 0 Å². The maximum atomic E-state index is 13.7. The van der Waals surface area contributed by atoms with Gasteiger partial charge in [-0.2, -0.15) is 5.26 Å². The molecule has 3 aromatic heterocycles. The van der Waals surface area contributed by atoms with Crippen LogP contribution in [0.25, 0.3) is 33.8 Å². The highest BCUT2D eigenvalue weighted by Gasteiger charge is 2.31. The summed E-state index contributed by atoms with van der Waals surface area (Å²) >= 11 is 0. The summed E-state index contributed by atoms with van der Waals surface area (Å²) < 4.78 is 6.87. The molecule has 0 spiro atoms. The first kappa shape index (κ1) is 58.0. The Morgan fingerprint density at radius 1 is 0.477 bits per heavy atom. The van der Waals surface area contributed by atoms with Crippen LogP contribution in [0.1, 0.15) is 94.2 Å². The Kier molecular flexibility index (Phi) is 16.9. The van der Waals surface area contributed by atoms with Crippen LogP contribution in [-0.4, -0.2) is 60.1 Å². The molecule has 0 radical (unpaired) electrons. The molecule has 438 valence electrons. The molecule has 11 aromatic rings.